The summed E-state index contributed by atoms with van der Waals surface area (Å²) < 4.78 is 15.8. The smallest absolute Gasteiger partial charge is 0.508 e. The van der Waals surface area contributed by atoms with E-state index in [0.29, 0.717) is 17.4 Å². The van der Waals surface area contributed by atoms with E-state index in [-0.39, 0.29) is 37.8 Å². The first-order valence-corrected chi connectivity index (χ1v) is 18.0. The summed E-state index contributed by atoms with van der Waals surface area (Å²) >= 11 is 0. The molecule has 52 heavy (non-hydrogen) atoms. The monoisotopic (exact) mass is 870 g/mol. The summed E-state index contributed by atoms with van der Waals surface area (Å²) in [6, 6.07) is 36.8. The Morgan fingerprint density at radius 1 is 0.769 bits per heavy atom. The van der Waals surface area contributed by atoms with Crippen molar-refractivity contribution in [2.45, 2.75) is 98.1 Å². The van der Waals surface area contributed by atoms with E-state index in [1.807, 2.05) is 24.4 Å². The molecule has 0 amide bonds. The summed E-state index contributed by atoms with van der Waals surface area (Å²) in [7, 11) is 0. The molecule has 1 aliphatic rings. The van der Waals surface area contributed by atoms with Gasteiger partial charge in [0.2, 0.25) is 0 Å². The van der Waals surface area contributed by atoms with Crippen LogP contribution in [0.2, 0.25) is 0 Å². The van der Waals surface area contributed by atoms with Gasteiger partial charge in [0.1, 0.15) is 17.1 Å². The van der Waals surface area contributed by atoms with Gasteiger partial charge in [-0.1, -0.05) is 122 Å². The number of aromatic nitrogens is 2. The zero-order chi connectivity index (χ0) is 36.5. The summed E-state index contributed by atoms with van der Waals surface area (Å²) in [5.41, 5.74) is 6.87. The minimum absolute atomic E-state index is 0. The Morgan fingerprint density at radius 2 is 1.46 bits per heavy atom. The van der Waals surface area contributed by atoms with Crippen LogP contribution in [0.5, 0.6) is 11.5 Å². The van der Waals surface area contributed by atoms with Crippen LogP contribution in [0.25, 0.3) is 27.6 Å². The molecule has 0 saturated carbocycles. The molecule has 4 aromatic carbocycles. The Bertz CT molecular complexity index is 2310. The maximum absolute atomic E-state index is 6.91. The molecule has 0 saturated heterocycles. The predicted molar refractivity (Wildman–Crippen MR) is 210 cm³/mol. The fourth-order valence-corrected chi connectivity index (χ4v) is 7.20. The van der Waals surface area contributed by atoms with Crippen LogP contribution >= 0.6 is 0 Å². The zero-order valence-electron chi connectivity index (χ0n) is 32.2. The van der Waals surface area contributed by atoms with Gasteiger partial charge in [0.05, 0.1) is 11.1 Å². The SMILES string of the molecule is Cc1cc(Oc2[c-]c(C3=N[C@](C)(C(C)C)[C@@](C)(c4ccccc4)O3)cc(C(C)(C)C)c2)[c-]c(-n2c3ccc(C(C)(C)C)cc3c3cccnc32)c1.[Pt+2]. The molecule has 0 aliphatic carbocycles. The molecule has 270 valence electrons. The van der Waals surface area contributed by atoms with Crippen LogP contribution in [0.15, 0.2) is 96.1 Å². The van der Waals surface area contributed by atoms with Crippen LogP contribution in [0.3, 0.4) is 0 Å². The van der Waals surface area contributed by atoms with Gasteiger partial charge in [0, 0.05) is 28.5 Å². The molecular formula is C46H49N3O2Pt. The number of hydrogen-bond donors (Lipinski definition) is 0. The van der Waals surface area contributed by atoms with E-state index < -0.39 is 11.1 Å². The molecule has 1 aliphatic heterocycles. The first-order chi connectivity index (χ1) is 24.0. The Labute approximate surface area is 323 Å². The quantitative estimate of drug-likeness (QED) is 0.157. The minimum Gasteiger partial charge on any atom is -0.508 e. The van der Waals surface area contributed by atoms with Crippen molar-refractivity contribution in [1.29, 1.82) is 0 Å². The number of aryl methyl sites for hydroxylation is 1. The summed E-state index contributed by atoms with van der Waals surface area (Å²) in [5, 5.41) is 2.28. The second-order valence-electron chi connectivity index (χ2n) is 16.8. The number of aliphatic imine (C=N–C) groups is 1. The fraction of sp³-hybridized carbons (Fsp3) is 0.348. The van der Waals surface area contributed by atoms with Crippen molar-refractivity contribution in [3.8, 4) is 17.2 Å². The van der Waals surface area contributed by atoms with E-state index in [9.17, 15) is 0 Å². The van der Waals surface area contributed by atoms with Crippen LogP contribution in [-0.4, -0.2) is 21.0 Å². The molecule has 0 radical (unpaired) electrons. The van der Waals surface area contributed by atoms with Gasteiger partial charge in [-0.15, -0.1) is 29.8 Å². The topological polar surface area (TPSA) is 48.6 Å². The molecule has 2 aromatic heterocycles. The number of pyridine rings is 1. The molecule has 5 nitrogen and oxygen atoms in total. The van der Waals surface area contributed by atoms with Crippen molar-refractivity contribution in [3.05, 3.63) is 131 Å². The van der Waals surface area contributed by atoms with Crippen LogP contribution in [0.4, 0.5) is 0 Å². The van der Waals surface area contributed by atoms with E-state index in [1.165, 1.54) is 10.9 Å². The largest absolute Gasteiger partial charge is 2.00 e. The van der Waals surface area contributed by atoms with E-state index >= 15 is 0 Å². The van der Waals surface area contributed by atoms with E-state index in [1.54, 1.807) is 0 Å². The summed E-state index contributed by atoms with van der Waals surface area (Å²) in [5.74, 6) is 1.99. The van der Waals surface area contributed by atoms with Gasteiger partial charge in [-0.25, -0.2) is 4.98 Å². The van der Waals surface area contributed by atoms with Crippen molar-refractivity contribution in [3.63, 3.8) is 0 Å². The van der Waals surface area contributed by atoms with Crippen LogP contribution in [0.1, 0.15) is 97.1 Å². The molecule has 7 rings (SSSR count). The standard InChI is InChI=1S/C46H49N3O2.Pt/c1-29(2)45(10)46(11,32-16-13-12-14-17-32)51-42(48-45)31-24-34(44(7,8)9)26-37(25-31)50-36-23-30(3)22-35(28-36)49-40-20-19-33(43(4,5)6)27-39(40)38-18-15-21-47-41(38)49;/h12-24,26-27,29H,1-11H3;/q-2;+2/t45-,46-;/m1./s1. The average Bonchev–Trinajstić information content (AvgIpc) is 3.56. The number of benzene rings is 4. The molecule has 3 heterocycles. The van der Waals surface area contributed by atoms with Crippen molar-refractivity contribution >= 4 is 27.8 Å². The van der Waals surface area contributed by atoms with E-state index in [0.717, 1.165) is 44.5 Å². The number of hydrogen-bond acceptors (Lipinski definition) is 4. The van der Waals surface area contributed by atoms with Gasteiger partial charge in [0.15, 0.2) is 0 Å². The summed E-state index contributed by atoms with van der Waals surface area (Å²) in [4.78, 5) is 10.2. The first-order valence-electron chi connectivity index (χ1n) is 18.0. The van der Waals surface area contributed by atoms with E-state index in [4.69, 9.17) is 19.5 Å². The normalized spacial score (nSPS) is 19.1. The Balaban J connectivity index is 0.00000464. The Kier molecular flexibility index (Phi) is 9.62. The third-order valence-electron chi connectivity index (χ3n) is 10.8. The van der Waals surface area contributed by atoms with Crippen molar-refractivity contribution in [2.75, 3.05) is 0 Å². The zero-order valence-corrected chi connectivity index (χ0v) is 34.5. The van der Waals surface area contributed by atoms with Gasteiger partial charge in [0.25, 0.3) is 0 Å². The number of rotatable bonds is 6. The predicted octanol–water partition coefficient (Wildman–Crippen LogP) is 11.6. The van der Waals surface area contributed by atoms with Gasteiger partial charge >= 0.3 is 21.1 Å². The molecule has 6 heteroatoms. The van der Waals surface area contributed by atoms with Crippen LogP contribution < -0.4 is 4.74 Å². The third-order valence-corrected chi connectivity index (χ3v) is 10.8. The molecule has 6 aromatic rings. The molecule has 0 N–H and O–H groups in total. The van der Waals surface area contributed by atoms with E-state index in [2.05, 4.69) is 160 Å². The fourth-order valence-electron chi connectivity index (χ4n) is 7.20. The second kappa shape index (κ2) is 13.3. The molecular weight excluding hydrogens is 822 g/mol. The summed E-state index contributed by atoms with van der Waals surface area (Å²) in [6.45, 7) is 24.2. The Hall–Kier alpha value is -4.21. The molecule has 2 atom stereocenters. The van der Waals surface area contributed by atoms with Crippen molar-refractivity contribution in [1.82, 2.24) is 9.55 Å². The number of ether oxygens (including phenoxy) is 2. The van der Waals surface area contributed by atoms with Crippen molar-refractivity contribution in [2.24, 2.45) is 10.9 Å². The summed E-state index contributed by atoms with van der Waals surface area (Å²) in [6.07, 6.45) is 1.85. The van der Waals surface area contributed by atoms with Gasteiger partial charge in [-0.2, -0.15) is 5.56 Å². The second-order valence-corrected chi connectivity index (χ2v) is 16.8. The molecule has 0 fully saturated rings. The first kappa shape index (κ1) is 37.5. The molecule has 0 spiro atoms. The maximum atomic E-state index is 6.91. The van der Waals surface area contributed by atoms with Crippen LogP contribution in [0, 0.1) is 25.0 Å². The van der Waals surface area contributed by atoms with Crippen LogP contribution in [-0.2, 0) is 42.2 Å². The number of fused-ring (bicyclic) bond motifs is 3. The number of nitrogens with zero attached hydrogens (tertiary/aromatic N) is 3. The van der Waals surface area contributed by atoms with Gasteiger partial charge in [-0.3, -0.25) is 4.99 Å². The maximum Gasteiger partial charge on any atom is 2.00 e. The minimum atomic E-state index is -0.659. The average molecular weight is 871 g/mol. The van der Waals surface area contributed by atoms with Crippen molar-refractivity contribution < 1.29 is 30.5 Å². The molecule has 0 unspecified atom stereocenters. The Morgan fingerprint density at radius 3 is 2.13 bits per heavy atom. The molecule has 0 bridgehead atoms. The van der Waals surface area contributed by atoms with Gasteiger partial charge in [-0.05, 0) is 66.0 Å². The third kappa shape index (κ3) is 6.51. The van der Waals surface area contributed by atoms with Gasteiger partial charge < -0.3 is 14.0 Å².